The number of hydrogen-bond acceptors (Lipinski definition) is 4. The Bertz CT molecular complexity index is 675. The van der Waals surface area contributed by atoms with Crippen LogP contribution in [0.3, 0.4) is 0 Å². The zero-order valence-corrected chi connectivity index (χ0v) is 14.4. The lowest BCUT2D eigenvalue weighted by Crippen LogP contribution is -2.40. The molecule has 1 saturated carbocycles. The van der Waals surface area contributed by atoms with Gasteiger partial charge in [-0.2, -0.15) is 0 Å². The summed E-state index contributed by atoms with van der Waals surface area (Å²) in [5.74, 6) is -0.165. The predicted molar refractivity (Wildman–Crippen MR) is 84.5 cm³/mol. The van der Waals surface area contributed by atoms with Crippen molar-refractivity contribution < 1.29 is 17.9 Å². The fourth-order valence-corrected chi connectivity index (χ4v) is 3.48. The van der Waals surface area contributed by atoms with Gasteiger partial charge < -0.3 is 4.74 Å². The molecule has 0 amide bonds. The van der Waals surface area contributed by atoms with Crippen LogP contribution in [-0.2, 0) is 14.8 Å². The number of ether oxygens (including phenoxy) is 1. The van der Waals surface area contributed by atoms with Crippen LogP contribution in [0.5, 0.6) is 0 Å². The second-order valence-corrected chi connectivity index (χ2v) is 8.63. The zero-order valence-electron chi connectivity index (χ0n) is 12.8. The van der Waals surface area contributed by atoms with Crippen molar-refractivity contribution in [2.45, 2.75) is 44.0 Å². The van der Waals surface area contributed by atoms with E-state index in [2.05, 4.69) is 4.72 Å². The number of hydrogen-bond donors (Lipinski definition) is 1. The fraction of sp³-hybridized carbons (Fsp3) is 0.533. The largest absolute Gasteiger partial charge is 0.462 e. The highest BCUT2D eigenvalue weighted by molar-refractivity contribution is 7.89. The van der Waals surface area contributed by atoms with Gasteiger partial charge in [-0.05, 0) is 57.7 Å². The van der Waals surface area contributed by atoms with Gasteiger partial charge in [-0.3, -0.25) is 0 Å². The summed E-state index contributed by atoms with van der Waals surface area (Å²) in [5, 5.41) is 0.176. The van der Waals surface area contributed by atoms with Crippen LogP contribution in [-0.4, -0.2) is 26.5 Å². The lowest BCUT2D eigenvalue weighted by Gasteiger charge is -2.20. The number of benzene rings is 1. The van der Waals surface area contributed by atoms with Crippen molar-refractivity contribution in [3.8, 4) is 0 Å². The molecule has 1 aliphatic rings. The maximum atomic E-state index is 12.3. The van der Waals surface area contributed by atoms with Crippen molar-refractivity contribution in [2.75, 3.05) is 6.61 Å². The average molecular weight is 346 g/mol. The SMILES string of the molecule is CC(C)(C)NS(=O)(=O)c1ccc(Cl)c(C(=O)OCC2CC2)c1. The topological polar surface area (TPSA) is 72.5 Å². The molecule has 0 aliphatic heterocycles. The Labute approximate surface area is 136 Å². The van der Waals surface area contributed by atoms with Gasteiger partial charge in [0.2, 0.25) is 10.0 Å². The molecular weight excluding hydrogens is 326 g/mol. The normalized spacial score (nSPS) is 15.6. The molecular formula is C15H20ClNO4S. The summed E-state index contributed by atoms with van der Waals surface area (Å²) in [6, 6.07) is 4.02. The Morgan fingerprint density at radius 1 is 1.36 bits per heavy atom. The first-order valence-electron chi connectivity index (χ1n) is 7.09. The minimum Gasteiger partial charge on any atom is -0.462 e. The summed E-state index contributed by atoms with van der Waals surface area (Å²) < 4.78 is 32.3. The molecule has 22 heavy (non-hydrogen) atoms. The summed E-state index contributed by atoms with van der Waals surface area (Å²) in [4.78, 5) is 12.0. The van der Waals surface area contributed by atoms with Crippen LogP contribution < -0.4 is 4.72 Å². The van der Waals surface area contributed by atoms with E-state index in [1.807, 2.05) is 0 Å². The Morgan fingerprint density at radius 3 is 2.55 bits per heavy atom. The highest BCUT2D eigenvalue weighted by Gasteiger charge is 2.26. The van der Waals surface area contributed by atoms with Crippen LogP contribution in [0.2, 0.25) is 5.02 Å². The number of carbonyl (C=O) groups excluding carboxylic acids is 1. The summed E-state index contributed by atoms with van der Waals surface area (Å²) in [6.45, 7) is 5.58. The summed E-state index contributed by atoms with van der Waals surface area (Å²) in [6.07, 6.45) is 2.12. The molecule has 0 bridgehead atoms. The molecule has 0 radical (unpaired) electrons. The van der Waals surface area contributed by atoms with Crippen LogP contribution in [0, 0.1) is 5.92 Å². The molecule has 0 saturated heterocycles. The number of sulfonamides is 1. The van der Waals surface area contributed by atoms with E-state index < -0.39 is 21.5 Å². The van der Waals surface area contributed by atoms with E-state index in [-0.39, 0.29) is 15.5 Å². The third-order valence-electron chi connectivity index (χ3n) is 3.06. The molecule has 1 aliphatic carbocycles. The maximum Gasteiger partial charge on any atom is 0.339 e. The van der Waals surface area contributed by atoms with Gasteiger partial charge in [-0.1, -0.05) is 11.6 Å². The molecule has 0 unspecified atom stereocenters. The van der Waals surface area contributed by atoms with E-state index in [0.29, 0.717) is 12.5 Å². The lowest BCUT2D eigenvalue weighted by molar-refractivity contribution is 0.0486. The van der Waals surface area contributed by atoms with E-state index in [1.165, 1.54) is 18.2 Å². The van der Waals surface area contributed by atoms with Gasteiger partial charge in [0.1, 0.15) is 0 Å². The quantitative estimate of drug-likeness (QED) is 0.833. The molecule has 1 aromatic rings. The van der Waals surface area contributed by atoms with Crippen LogP contribution in [0.1, 0.15) is 44.0 Å². The van der Waals surface area contributed by atoms with Gasteiger partial charge in [-0.15, -0.1) is 0 Å². The van der Waals surface area contributed by atoms with Crippen LogP contribution in [0.4, 0.5) is 0 Å². The monoisotopic (exact) mass is 345 g/mol. The van der Waals surface area contributed by atoms with Crippen LogP contribution in [0.15, 0.2) is 23.1 Å². The lowest BCUT2D eigenvalue weighted by atomic mass is 10.1. The Hall–Kier alpha value is -1.11. The third-order valence-corrected chi connectivity index (χ3v) is 5.14. The van der Waals surface area contributed by atoms with E-state index in [0.717, 1.165) is 12.8 Å². The first-order valence-corrected chi connectivity index (χ1v) is 8.95. The Kier molecular flexibility index (Phi) is 4.84. The minimum atomic E-state index is -3.73. The van der Waals surface area contributed by atoms with Gasteiger partial charge in [0, 0.05) is 5.54 Å². The van der Waals surface area contributed by atoms with Crippen LogP contribution >= 0.6 is 11.6 Å². The number of esters is 1. The molecule has 7 heteroatoms. The van der Waals surface area contributed by atoms with E-state index in [9.17, 15) is 13.2 Å². The molecule has 2 rings (SSSR count). The van der Waals surface area contributed by atoms with Gasteiger partial charge in [0.25, 0.3) is 0 Å². The van der Waals surface area contributed by atoms with Gasteiger partial charge in [0.15, 0.2) is 0 Å². The maximum absolute atomic E-state index is 12.3. The average Bonchev–Trinajstić information content (AvgIpc) is 3.17. The Balaban J connectivity index is 2.23. The van der Waals surface area contributed by atoms with Crippen molar-refractivity contribution in [2.24, 2.45) is 5.92 Å². The molecule has 1 N–H and O–H groups in total. The molecule has 0 aromatic heterocycles. The molecule has 0 heterocycles. The molecule has 0 atom stereocenters. The second kappa shape index (κ2) is 6.18. The van der Waals surface area contributed by atoms with E-state index in [1.54, 1.807) is 20.8 Å². The summed E-state index contributed by atoms with van der Waals surface area (Å²) >= 11 is 5.99. The highest BCUT2D eigenvalue weighted by atomic mass is 35.5. The smallest absolute Gasteiger partial charge is 0.339 e. The zero-order chi connectivity index (χ0) is 16.5. The van der Waals surface area contributed by atoms with Gasteiger partial charge in [-0.25, -0.2) is 17.9 Å². The molecule has 5 nitrogen and oxygen atoms in total. The number of rotatable bonds is 5. The van der Waals surface area contributed by atoms with Crippen LogP contribution in [0.25, 0.3) is 0 Å². The fourth-order valence-electron chi connectivity index (χ4n) is 1.85. The Morgan fingerprint density at radius 2 is 2.00 bits per heavy atom. The van der Waals surface area contributed by atoms with Crippen molar-refractivity contribution >= 4 is 27.6 Å². The summed E-state index contributed by atoms with van der Waals surface area (Å²) in [7, 11) is -3.73. The third kappa shape index (κ3) is 4.69. The molecule has 1 aromatic carbocycles. The standard InChI is InChI=1S/C15H20ClNO4S/c1-15(2,3)17-22(19,20)11-6-7-13(16)12(8-11)14(18)21-9-10-4-5-10/h6-8,10,17H,4-5,9H2,1-3H3. The van der Waals surface area contributed by atoms with Gasteiger partial charge in [0.05, 0.1) is 22.1 Å². The van der Waals surface area contributed by atoms with Crippen molar-refractivity contribution in [3.63, 3.8) is 0 Å². The first kappa shape index (κ1) is 17.2. The minimum absolute atomic E-state index is 0.00908. The number of halogens is 1. The van der Waals surface area contributed by atoms with Gasteiger partial charge >= 0.3 is 5.97 Å². The van der Waals surface area contributed by atoms with Crippen molar-refractivity contribution in [1.29, 1.82) is 0 Å². The summed E-state index contributed by atoms with van der Waals surface area (Å²) in [5.41, 5.74) is -0.551. The molecule has 1 fully saturated rings. The second-order valence-electron chi connectivity index (χ2n) is 6.54. The predicted octanol–water partition coefficient (Wildman–Crippen LogP) is 2.98. The highest BCUT2D eigenvalue weighted by Crippen LogP contribution is 2.29. The first-order chi connectivity index (χ1) is 10.1. The van der Waals surface area contributed by atoms with Crippen molar-refractivity contribution in [3.05, 3.63) is 28.8 Å². The molecule has 122 valence electrons. The van der Waals surface area contributed by atoms with Crippen molar-refractivity contribution in [1.82, 2.24) is 4.72 Å². The van der Waals surface area contributed by atoms with E-state index in [4.69, 9.17) is 16.3 Å². The molecule has 0 spiro atoms. The van der Waals surface area contributed by atoms with E-state index >= 15 is 0 Å². The number of nitrogens with one attached hydrogen (secondary N) is 1. The number of carbonyl (C=O) groups is 1.